The first-order chi connectivity index (χ1) is 12.8. The molecule has 0 aliphatic carbocycles. The highest BCUT2D eigenvalue weighted by Crippen LogP contribution is 2.25. The van der Waals surface area contributed by atoms with Gasteiger partial charge in [0.15, 0.2) is 5.16 Å². The van der Waals surface area contributed by atoms with E-state index in [4.69, 9.17) is 4.74 Å². The highest BCUT2D eigenvalue weighted by atomic mass is 32.2. The van der Waals surface area contributed by atoms with Crippen molar-refractivity contribution in [3.05, 3.63) is 35.7 Å². The molecule has 27 heavy (non-hydrogen) atoms. The number of benzene rings is 1. The number of ether oxygens (including phenoxy) is 1. The van der Waals surface area contributed by atoms with Gasteiger partial charge in [-0.15, -0.1) is 10.2 Å². The van der Waals surface area contributed by atoms with E-state index in [1.54, 1.807) is 31.2 Å². The second-order valence-corrected chi connectivity index (χ2v) is 7.54. The van der Waals surface area contributed by atoms with Gasteiger partial charge in [0.2, 0.25) is 5.91 Å². The van der Waals surface area contributed by atoms with Crippen molar-refractivity contribution >= 4 is 29.3 Å². The molecule has 0 aliphatic heterocycles. The number of rotatable bonds is 8. The lowest BCUT2D eigenvalue weighted by molar-refractivity contribution is -0.113. The van der Waals surface area contributed by atoms with Crippen molar-refractivity contribution in [2.75, 3.05) is 17.7 Å². The molecule has 0 bridgehead atoms. The Bertz CT molecular complexity index is 785. The Labute approximate surface area is 163 Å². The summed E-state index contributed by atoms with van der Waals surface area (Å²) in [4.78, 5) is 23.9. The van der Waals surface area contributed by atoms with Crippen LogP contribution in [0.5, 0.6) is 0 Å². The van der Waals surface area contributed by atoms with Gasteiger partial charge >= 0.3 is 5.97 Å². The van der Waals surface area contributed by atoms with Crippen LogP contribution in [0.1, 0.15) is 62.8 Å². The summed E-state index contributed by atoms with van der Waals surface area (Å²) in [7, 11) is 0. The minimum atomic E-state index is -0.375. The predicted molar refractivity (Wildman–Crippen MR) is 106 cm³/mol. The van der Waals surface area contributed by atoms with Crippen LogP contribution in [-0.4, -0.2) is 39.0 Å². The van der Waals surface area contributed by atoms with Gasteiger partial charge in [0.25, 0.3) is 0 Å². The third-order valence-electron chi connectivity index (χ3n) is 3.74. The van der Waals surface area contributed by atoms with E-state index >= 15 is 0 Å². The maximum atomic E-state index is 12.2. The maximum Gasteiger partial charge on any atom is 0.338 e. The average Bonchev–Trinajstić information content (AvgIpc) is 3.05. The lowest BCUT2D eigenvalue weighted by Gasteiger charge is -2.15. The Morgan fingerprint density at radius 1 is 1.15 bits per heavy atom. The van der Waals surface area contributed by atoms with E-state index in [0.29, 0.717) is 17.9 Å². The largest absolute Gasteiger partial charge is 0.462 e. The van der Waals surface area contributed by atoms with Gasteiger partial charge in [-0.2, -0.15) is 0 Å². The minimum Gasteiger partial charge on any atom is -0.462 e. The molecule has 0 unspecified atom stereocenters. The molecule has 1 amide bonds. The zero-order chi connectivity index (χ0) is 20.0. The van der Waals surface area contributed by atoms with Crippen molar-refractivity contribution in [3.63, 3.8) is 0 Å². The van der Waals surface area contributed by atoms with Gasteiger partial charge in [-0.25, -0.2) is 4.79 Å². The molecule has 8 heteroatoms. The number of hydrogen-bond donors (Lipinski definition) is 1. The summed E-state index contributed by atoms with van der Waals surface area (Å²) in [5.41, 5.74) is 1.08. The molecule has 0 spiro atoms. The van der Waals surface area contributed by atoms with E-state index in [0.717, 1.165) is 11.0 Å². The van der Waals surface area contributed by atoms with Crippen molar-refractivity contribution in [3.8, 4) is 0 Å². The molecule has 0 aliphatic rings. The molecular weight excluding hydrogens is 364 g/mol. The molecule has 146 valence electrons. The lowest BCUT2D eigenvalue weighted by Crippen LogP contribution is -2.15. The molecular formula is C19H26N4O3S. The zero-order valence-electron chi connectivity index (χ0n) is 16.4. The quantitative estimate of drug-likeness (QED) is 0.544. The van der Waals surface area contributed by atoms with Crippen LogP contribution in [0, 0.1) is 0 Å². The Kier molecular flexibility index (Phi) is 7.41. The summed E-state index contributed by atoms with van der Waals surface area (Å²) in [5.74, 6) is 0.888. The van der Waals surface area contributed by atoms with Crippen LogP contribution in [0.25, 0.3) is 0 Å². The molecule has 0 radical (unpaired) electrons. The number of anilines is 1. The minimum absolute atomic E-state index is 0.145. The monoisotopic (exact) mass is 390 g/mol. The maximum absolute atomic E-state index is 12.2. The van der Waals surface area contributed by atoms with Crippen LogP contribution in [-0.2, 0) is 9.53 Å². The van der Waals surface area contributed by atoms with Crippen molar-refractivity contribution in [2.45, 2.75) is 51.7 Å². The van der Waals surface area contributed by atoms with Crippen LogP contribution >= 0.6 is 11.8 Å². The normalized spacial score (nSPS) is 11.1. The summed E-state index contributed by atoms with van der Waals surface area (Å²) in [6, 6.07) is 6.85. The van der Waals surface area contributed by atoms with Gasteiger partial charge in [-0.1, -0.05) is 25.6 Å². The Hall–Kier alpha value is -2.35. The Morgan fingerprint density at radius 2 is 1.81 bits per heavy atom. The Morgan fingerprint density at radius 3 is 2.37 bits per heavy atom. The molecule has 2 aromatic rings. The number of nitrogens with one attached hydrogen (secondary N) is 1. The number of amides is 1. The first kappa shape index (κ1) is 21.0. The highest BCUT2D eigenvalue weighted by Gasteiger charge is 2.18. The first-order valence-corrected chi connectivity index (χ1v) is 9.96. The van der Waals surface area contributed by atoms with Gasteiger partial charge in [0.1, 0.15) is 5.82 Å². The van der Waals surface area contributed by atoms with Gasteiger partial charge in [0.05, 0.1) is 17.9 Å². The first-order valence-electron chi connectivity index (χ1n) is 8.98. The van der Waals surface area contributed by atoms with E-state index in [1.807, 2.05) is 0 Å². The summed E-state index contributed by atoms with van der Waals surface area (Å²) < 4.78 is 7.01. The predicted octanol–water partition coefficient (Wildman–Crippen LogP) is 3.89. The van der Waals surface area contributed by atoms with Gasteiger partial charge in [-0.05, 0) is 45.0 Å². The summed E-state index contributed by atoms with van der Waals surface area (Å²) in [6.45, 7) is 10.4. The van der Waals surface area contributed by atoms with Gasteiger partial charge in [-0.3, -0.25) is 4.79 Å². The third-order valence-corrected chi connectivity index (χ3v) is 4.68. The standard InChI is InChI=1S/C19H26N4O3S/c1-6-26-18(25)14-7-9-15(10-8-14)20-16(24)11-27-19-22-21-17(12(2)3)23(19)13(4)5/h7-10,12-13H,6,11H2,1-5H3,(H,20,24). The number of hydrogen-bond acceptors (Lipinski definition) is 6. The van der Waals surface area contributed by atoms with Gasteiger partial charge in [0, 0.05) is 17.6 Å². The van der Waals surface area contributed by atoms with E-state index < -0.39 is 0 Å². The van der Waals surface area contributed by atoms with Crippen LogP contribution in [0.15, 0.2) is 29.4 Å². The molecule has 2 rings (SSSR count). The molecule has 0 saturated heterocycles. The lowest BCUT2D eigenvalue weighted by atomic mass is 10.2. The molecule has 7 nitrogen and oxygen atoms in total. The fraction of sp³-hybridized carbons (Fsp3) is 0.474. The zero-order valence-corrected chi connectivity index (χ0v) is 17.2. The van der Waals surface area contributed by atoms with Gasteiger partial charge < -0.3 is 14.6 Å². The third kappa shape index (κ3) is 5.56. The fourth-order valence-corrected chi connectivity index (χ4v) is 3.37. The highest BCUT2D eigenvalue weighted by molar-refractivity contribution is 7.99. The molecule has 0 atom stereocenters. The number of carbonyl (C=O) groups is 2. The van der Waals surface area contributed by atoms with E-state index in [1.165, 1.54) is 11.8 Å². The van der Waals surface area contributed by atoms with Crippen molar-refractivity contribution in [1.29, 1.82) is 0 Å². The number of aromatic nitrogens is 3. The van der Waals surface area contributed by atoms with Crippen molar-refractivity contribution in [1.82, 2.24) is 14.8 Å². The smallest absolute Gasteiger partial charge is 0.338 e. The van der Waals surface area contributed by atoms with E-state index in [2.05, 4.69) is 47.8 Å². The van der Waals surface area contributed by atoms with Crippen LogP contribution in [0.4, 0.5) is 5.69 Å². The molecule has 0 saturated carbocycles. The number of carbonyl (C=O) groups excluding carboxylic acids is 2. The number of thioether (sulfide) groups is 1. The summed E-state index contributed by atoms with van der Waals surface area (Å²) >= 11 is 1.36. The molecule has 1 aromatic heterocycles. The van der Waals surface area contributed by atoms with Crippen LogP contribution in [0.3, 0.4) is 0 Å². The number of nitrogens with zero attached hydrogens (tertiary/aromatic N) is 3. The van der Waals surface area contributed by atoms with Crippen LogP contribution in [0.2, 0.25) is 0 Å². The second kappa shape index (κ2) is 9.55. The number of esters is 1. The SMILES string of the molecule is CCOC(=O)c1ccc(NC(=O)CSc2nnc(C(C)C)n2C(C)C)cc1. The summed E-state index contributed by atoms with van der Waals surface area (Å²) in [5, 5.41) is 12.0. The molecule has 0 fully saturated rings. The van der Waals surface area contributed by atoms with E-state index in [-0.39, 0.29) is 29.6 Å². The Balaban J connectivity index is 1.96. The average molecular weight is 391 g/mol. The summed E-state index contributed by atoms with van der Waals surface area (Å²) in [6.07, 6.45) is 0. The van der Waals surface area contributed by atoms with Crippen LogP contribution < -0.4 is 5.32 Å². The van der Waals surface area contributed by atoms with E-state index in [9.17, 15) is 9.59 Å². The van der Waals surface area contributed by atoms with Crippen molar-refractivity contribution in [2.24, 2.45) is 0 Å². The molecule has 1 aromatic carbocycles. The molecule has 1 heterocycles. The van der Waals surface area contributed by atoms with Crippen molar-refractivity contribution < 1.29 is 14.3 Å². The molecule has 1 N–H and O–H groups in total. The second-order valence-electron chi connectivity index (χ2n) is 6.59. The fourth-order valence-electron chi connectivity index (χ4n) is 2.50. The topological polar surface area (TPSA) is 86.1 Å².